The van der Waals surface area contributed by atoms with Crippen LogP contribution in [0.3, 0.4) is 0 Å². The van der Waals surface area contributed by atoms with Gasteiger partial charge < -0.3 is 14.8 Å². The van der Waals surface area contributed by atoms with E-state index in [9.17, 15) is 9.59 Å². The Kier molecular flexibility index (Phi) is 5.79. The average molecular weight is 271 g/mol. The monoisotopic (exact) mass is 271 g/mol. The third kappa shape index (κ3) is 4.49. The van der Waals surface area contributed by atoms with Crippen LogP contribution < -0.4 is 5.32 Å². The van der Waals surface area contributed by atoms with Gasteiger partial charge in [-0.15, -0.1) is 0 Å². The molecule has 5 nitrogen and oxygen atoms in total. The van der Waals surface area contributed by atoms with Crippen LogP contribution in [-0.4, -0.2) is 37.2 Å². The van der Waals surface area contributed by atoms with Gasteiger partial charge in [-0.2, -0.15) is 0 Å². The van der Waals surface area contributed by atoms with E-state index in [1.807, 2.05) is 27.7 Å². The molecule has 0 spiro atoms. The van der Waals surface area contributed by atoms with Crippen molar-refractivity contribution >= 4 is 11.9 Å². The Morgan fingerprint density at radius 3 is 2.16 bits per heavy atom. The average Bonchev–Trinajstić information content (AvgIpc) is 2.33. The number of hydrogen-bond donors (Lipinski definition) is 1. The molecule has 19 heavy (non-hydrogen) atoms. The number of nitrogens with one attached hydrogen (secondary N) is 1. The topological polar surface area (TPSA) is 64.6 Å². The molecule has 1 aliphatic rings. The summed E-state index contributed by atoms with van der Waals surface area (Å²) < 4.78 is 10.3. The van der Waals surface area contributed by atoms with E-state index in [1.54, 1.807) is 0 Å². The molecule has 0 unspecified atom stereocenters. The van der Waals surface area contributed by atoms with Crippen molar-refractivity contribution in [3.63, 3.8) is 0 Å². The predicted octanol–water partition coefficient (Wildman–Crippen LogP) is 2.14. The number of alkyl carbamates (subject to hydrolysis) is 1. The minimum absolute atomic E-state index is 0.0525. The van der Waals surface area contributed by atoms with Crippen molar-refractivity contribution in [3.05, 3.63) is 0 Å². The van der Waals surface area contributed by atoms with Gasteiger partial charge in [0, 0.05) is 5.92 Å². The molecular weight excluding hydrogens is 246 g/mol. The number of amides is 1. The van der Waals surface area contributed by atoms with Crippen LogP contribution >= 0.6 is 0 Å². The van der Waals surface area contributed by atoms with E-state index >= 15 is 0 Å². The number of ketones is 1. The number of methoxy groups -OCH3 is 1. The van der Waals surface area contributed by atoms with Gasteiger partial charge in [-0.05, 0) is 32.6 Å². The van der Waals surface area contributed by atoms with Gasteiger partial charge in [-0.1, -0.05) is 13.8 Å². The lowest BCUT2D eigenvalue weighted by Gasteiger charge is -2.36. The van der Waals surface area contributed by atoms with Crippen LogP contribution in [0.1, 0.15) is 40.5 Å². The van der Waals surface area contributed by atoms with Crippen LogP contribution in [0, 0.1) is 11.8 Å². The van der Waals surface area contributed by atoms with E-state index in [1.165, 1.54) is 7.11 Å². The lowest BCUT2D eigenvalue weighted by molar-refractivity contribution is -0.128. The minimum atomic E-state index is -0.550. The summed E-state index contributed by atoms with van der Waals surface area (Å²) >= 11 is 0. The fourth-order valence-electron chi connectivity index (χ4n) is 2.70. The molecule has 1 rings (SSSR count). The van der Waals surface area contributed by atoms with Crippen molar-refractivity contribution in [2.24, 2.45) is 11.8 Å². The van der Waals surface area contributed by atoms with Crippen LogP contribution in [0.15, 0.2) is 0 Å². The Bertz CT molecular complexity index is 319. The van der Waals surface area contributed by atoms with Gasteiger partial charge in [0.15, 0.2) is 5.78 Å². The minimum Gasteiger partial charge on any atom is -0.453 e. The lowest BCUT2D eigenvalue weighted by Crippen LogP contribution is -2.50. The molecule has 1 saturated heterocycles. The zero-order valence-corrected chi connectivity index (χ0v) is 12.4. The molecule has 3 atom stereocenters. The van der Waals surface area contributed by atoms with Crippen LogP contribution in [0.4, 0.5) is 4.79 Å². The summed E-state index contributed by atoms with van der Waals surface area (Å²) in [5, 5.41) is 2.69. The van der Waals surface area contributed by atoms with Crippen molar-refractivity contribution in [2.45, 2.75) is 58.8 Å². The molecule has 5 heteroatoms. The van der Waals surface area contributed by atoms with E-state index in [0.717, 1.165) is 12.8 Å². The van der Waals surface area contributed by atoms with E-state index in [4.69, 9.17) is 4.74 Å². The Morgan fingerprint density at radius 1 is 1.21 bits per heavy atom. The first-order chi connectivity index (χ1) is 8.85. The van der Waals surface area contributed by atoms with Crippen molar-refractivity contribution in [1.82, 2.24) is 5.32 Å². The van der Waals surface area contributed by atoms with Gasteiger partial charge in [0.05, 0.1) is 25.4 Å². The van der Waals surface area contributed by atoms with Crippen molar-refractivity contribution < 1.29 is 19.1 Å². The Morgan fingerprint density at radius 2 is 1.74 bits per heavy atom. The van der Waals surface area contributed by atoms with E-state index < -0.39 is 12.1 Å². The third-order valence-corrected chi connectivity index (χ3v) is 3.54. The fourth-order valence-corrected chi connectivity index (χ4v) is 2.70. The second-order valence-electron chi connectivity index (χ2n) is 5.66. The molecule has 110 valence electrons. The van der Waals surface area contributed by atoms with Gasteiger partial charge >= 0.3 is 6.09 Å². The lowest BCUT2D eigenvalue weighted by atomic mass is 9.82. The van der Waals surface area contributed by atoms with Gasteiger partial charge in [0.1, 0.15) is 0 Å². The number of ether oxygens (including phenoxy) is 2. The van der Waals surface area contributed by atoms with Crippen LogP contribution in [0.25, 0.3) is 0 Å². The molecule has 1 aliphatic heterocycles. The van der Waals surface area contributed by atoms with Crippen molar-refractivity contribution in [1.29, 1.82) is 0 Å². The Labute approximate surface area is 115 Å². The maximum Gasteiger partial charge on any atom is 0.407 e. The number of hydrogen-bond acceptors (Lipinski definition) is 4. The highest BCUT2D eigenvalue weighted by molar-refractivity contribution is 5.89. The SMILES string of the molecule is COC(=O)N[C@H](C(=O)C(C)C)C1C[C@@H](C)O[C@H](C)C1. The van der Waals surface area contributed by atoms with Crippen LogP contribution in [0.5, 0.6) is 0 Å². The molecule has 0 aliphatic carbocycles. The molecule has 1 fully saturated rings. The second-order valence-corrected chi connectivity index (χ2v) is 5.66. The molecule has 0 bridgehead atoms. The van der Waals surface area contributed by atoms with Crippen molar-refractivity contribution in [2.75, 3.05) is 7.11 Å². The molecule has 1 heterocycles. The quantitative estimate of drug-likeness (QED) is 0.850. The predicted molar refractivity (Wildman–Crippen MR) is 71.9 cm³/mol. The van der Waals surface area contributed by atoms with E-state index in [-0.39, 0.29) is 29.8 Å². The maximum atomic E-state index is 12.3. The zero-order chi connectivity index (χ0) is 14.6. The number of rotatable bonds is 4. The number of Topliss-reactive ketones (excluding diaryl/α,β-unsaturated/α-hetero) is 1. The van der Waals surface area contributed by atoms with Gasteiger partial charge in [0.2, 0.25) is 0 Å². The number of carbonyl (C=O) groups is 2. The highest BCUT2D eigenvalue weighted by atomic mass is 16.5. The van der Waals surface area contributed by atoms with Gasteiger partial charge in [0.25, 0.3) is 0 Å². The smallest absolute Gasteiger partial charge is 0.407 e. The van der Waals surface area contributed by atoms with Crippen LogP contribution in [-0.2, 0) is 14.3 Å². The summed E-state index contributed by atoms with van der Waals surface area (Å²) in [6, 6.07) is -0.485. The van der Waals surface area contributed by atoms with Gasteiger partial charge in [-0.25, -0.2) is 4.79 Å². The summed E-state index contributed by atoms with van der Waals surface area (Å²) in [4.78, 5) is 23.7. The summed E-state index contributed by atoms with van der Waals surface area (Å²) in [7, 11) is 1.31. The van der Waals surface area contributed by atoms with E-state index in [0.29, 0.717) is 0 Å². The second kappa shape index (κ2) is 6.89. The first kappa shape index (κ1) is 16.0. The fraction of sp³-hybridized carbons (Fsp3) is 0.857. The molecule has 0 radical (unpaired) electrons. The summed E-state index contributed by atoms with van der Waals surface area (Å²) in [6.07, 6.45) is 1.21. The maximum absolute atomic E-state index is 12.3. The Balaban J connectivity index is 2.82. The molecule has 0 aromatic carbocycles. The first-order valence-electron chi connectivity index (χ1n) is 6.88. The highest BCUT2D eigenvalue weighted by Crippen LogP contribution is 2.28. The van der Waals surface area contributed by atoms with Crippen molar-refractivity contribution in [3.8, 4) is 0 Å². The molecule has 0 aromatic heterocycles. The molecule has 0 saturated carbocycles. The Hall–Kier alpha value is -1.10. The summed E-state index contributed by atoms with van der Waals surface area (Å²) in [5.41, 5.74) is 0. The van der Waals surface area contributed by atoms with Gasteiger partial charge in [-0.3, -0.25) is 4.79 Å². The summed E-state index contributed by atoms with van der Waals surface area (Å²) in [5.74, 6) is 0.0417. The highest BCUT2D eigenvalue weighted by Gasteiger charge is 2.36. The van der Waals surface area contributed by atoms with E-state index in [2.05, 4.69) is 10.1 Å². The normalized spacial score (nSPS) is 28.8. The molecular formula is C14H25NO4. The molecule has 1 amide bonds. The molecule has 0 aromatic rings. The largest absolute Gasteiger partial charge is 0.453 e. The third-order valence-electron chi connectivity index (χ3n) is 3.54. The number of carbonyl (C=O) groups excluding carboxylic acids is 2. The zero-order valence-electron chi connectivity index (χ0n) is 12.4. The first-order valence-corrected chi connectivity index (χ1v) is 6.88. The summed E-state index contributed by atoms with van der Waals surface area (Å²) in [6.45, 7) is 7.69. The molecule has 1 N–H and O–H groups in total. The standard InChI is InChI=1S/C14H25NO4/c1-8(2)13(16)12(15-14(17)18-5)11-6-9(3)19-10(4)7-11/h8-12H,6-7H2,1-5H3,(H,15,17)/t9-,10-,12+/m1/s1. The van der Waals surface area contributed by atoms with Crippen LogP contribution in [0.2, 0.25) is 0 Å².